The first-order valence-electron chi connectivity index (χ1n) is 8.30. The number of aromatic nitrogens is 2. The molecule has 3 N–H and O–H groups in total. The van der Waals surface area contributed by atoms with E-state index in [-0.39, 0.29) is 29.2 Å². The highest BCUT2D eigenvalue weighted by Gasteiger charge is 2.36. The molecule has 0 radical (unpaired) electrons. The zero-order valence-electron chi connectivity index (χ0n) is 14.1. The lowest BCUT2D eigenvalue weighted by atomic mass is 10.1. The van der Waals surface area contributed by atoms with Gasteiger partial charge in [-0.1, -0.05) is 27.2 Å². The van der Waals surface area contributed by atoms with E-state index < -0.39 is 11.2 Å². The van der Waals surface area contributed by atoms with E-state index in [4.69, 9.17) is 5.73 Å². The van der Waals surface area contributed by atoms with Crippen LogP contribution in [0.15, 0.2) is 9.59 Å². The Hall–Kier alpha value is -2.05. The Kier molecular flexibility index (Phi) is 5.28. The van der Waals surface area contributed by atoms with Crippen molar-refractivity contribution in [2.75, 3.05) is 17.2 Å². The molecule has 1 amide bonds. The van der Waals surface area contributed by atoms with Crippen LogP contribution in [0.1, 0.15) is 46.5 Å². The molecule has 0 spiro atoms. The third kappa shape index (κ3) is 3.83. The number of H-pyrrole nitrogens is 1. The van der Waals surface area contributed by atoms with Crippen LogP contribution in [0.25, 0.3) is 0 Å². The lowest BCUT2D eigenvalue weighted by Gasteiger charge is -2.26. The molecular weight excluding hydrogens is 296 g/mol. The van der Waals surface area contributed by atoms with Gasteiger partial charge in [0.25, 0.3) is 5.56 Å². The fourth-order valence-corrected chi connectivity index (χ4v) is 2.58. The maximum Gasteiger partial charge on any atom is 0.330 e. The van der Waals surface area contributed by atoms with Gasteiger partial charge in [0.2, 0.25) is 5.91 Å². The van der Waals surface area contributed by atoms with Crippen molar-refractivity contribution in [1.82, 2.24) is 9.55 Å². The Morgan fingerprint density at radius 3 is 2.57 bits per heavy atom. The van der Waals surface area contributed by atoms with Gasteiger partial charge in [0, 0.05) is 19.0 Å². The number of nitrogens with two attached hydrogens (primary N) is 1. The number of rotatable bonds is 7. The molecule has 1 aromatic rings. The summed E-state index contributed by atoms with van der Waals surface area (Å²) in [5.41, 5.74) is 5.12. The number of hydrogen-bond donors (Lipinski definition) is 2. The van der Waals surface area contributed by atoms with Gasteiger partial charge in [0.1, 0.15) is 5.82 Å². The number of aromatic amines is 1. The summed E-state index contributed by atoms with van der Waals surface area (Å²) in [6, 6.07) is 0. The molecule has 1 aliphatic carbocycles. The molecule has 0 bridgehead atoms. The van der Waals surface area contributed by atoms with Crippen molar-refractivity contribution in [2.45, 2.75) is 53.0 Å². The number of hydrogen-bond acceptors (Lipinski definition) is 4. The van der Waals surface area contributed by atoms with E-state index in [1.54, 1.807) is 0 Å². The van der Waals surface area contributed by atoms with Crippen LogP contribution in [0.5, 0.6) is 0 Å². The fourth-order valence-electron chi connectivity index (χ4n) is 2.58. The molecule has 0 aromatic carbocycles. The monoisotopic (exact) mass is 322 g/mol. The topological polar surface area (TPSA) is 101 Å². The number of unbranched alkanes of at least 4 members (excludes halogenated alkanes) is 1. The van der Waals surface area contributed by atoms with Crippen molar-refractivity contribution in [3.05, 3.63) is 20.8 Å². The van der Waals surface area contributed by atoms with Crippen LogP contribution in [0, 0.1) is 11.8 Å². The summed E-state index contributed by atoms with van der Waals surface area (Å²) < 4.78 is 1.35. The van der Waals surface area contributed by atoms with Crippen LogP contribution in [-0.2, 0) is 11.3 Å². The van der Waals surface area contributed by atoms with Crippen LogP contribution in [0.3, 0.4) is 0 Å². The van der Waals surface area contributed by atoms with E-state index in [1.165, 1.54) is 9.47 Å². The quantitative estimate of drug-likeness (QED) is 0.790. The molecule has 1 saturated carbocycles. The second-order valence-electron chi connectivity index (χ2n) is 6.62. The van der Waals surface area contributed by atoms with Crippen molar-refractivity contribution < 1.29 is 4.79 Å². The van der Waals surface area contributed by atoms with Gasteiger partial charge in [-0.25, -0.2) is 4.79 Å². The van der Waals surface area contributed by atoms with E-state index in [2.05, 4.69) is 4.98 Å². The van der Waals surface area contributed by atoms with E-state index in [1.807, 2.05) is 20.8 Å². The smallest absolute Gasteiger partial charge is 0.330 e. The SMILES string of the molecule is CCCCn1c(N)c(N(CC(C)C)C(=O)C2CC2)c(=O)[nH]c1=O. The zero-order chi connectivity index (χ0) is 17.1. The van der Waals surface area contributed by atoms with Crippen LogP contribution in [0.4, 0.5) is 11.5 Å². The normalized spacial score (nSPS) is 14.3. The molecule has 1 fully saturated rings. The lowest BCUT2D eigenvalue weighted by Crippen LogP contribution is -2.43. The minimum Gasteiger partial charge on any atom is -0.383 e. The molecule has 7 nitrogen and oxygen atoms in total. The third-order valence-electron chi connectivity index (χ3n) is 3.96. The van der Waals surface area contributed by atoms with Crippen LogP contribution < -0.4 is 21.9 Å². The van der Waals surface area contributed by atoms with E-state index in [9.17, 15) is 14.4 Å². The first-order chi connectivity index (χ1) is 10.9. The van der Waals surface area contributed by atoms with Crippen molar-refractivity contribution in [2.24, 2.45) is 11.8 Å². The minimum atomic E-state index is -0.588. The number of amides is 1. The highest BCUT2D eigenvalue weighted by molar-refractivity contribution is 5.98. The molecule has 0 unspecified atom stereocenters. The predicted octanol–water partition coefficient (Wildman–Crippen LogP) is 1.32. The van der Waals surface area contributed by atoms with E-state index in [0.717, 1.165) is 25.7 Å². The Bertz CT molecular complexity index is 686. The summed E-state index contributed by atoms with van der Waals surface area (Å²) in [7, 11) is 0. The number of nitrogens with one attached hydrogen (secondary N) is 1. The average molecular weight is 322 g/mol. The highest BCUT2D eigenvalue weighted by atomic mass is 16.2. The van der Waals surface area contributed by atoms with Gasteiger partial charge in [-0.2, -0.15) is 0 Å². The Morgan fingerprint density at radius 2 is 2.04 bits per heavy atom. The van der Waals surface area contributed by atoms with Gasteiger partial charge < -0.3 is 10.6 Å². The van der Waals surface area contributed by atoms with Crippen LogP contribution >= 0.6 is 0 Å². The van der Waals surface area contributed by atoms with Gasteiger partial charge in [0.05, 0.1) is 0 Å². The second kappa shape index (κ2) is 7.02. The first kappa shape index (κ1) is 17.3. The number of nitrogen functional groups attached to an aromatic ring is 1. The Morgan fingerprint density at radius 1 is 1.39 bits per heavy atom. The molecule has 0 saturated heterocycles. The fraction of sp³-hybridized carbons (Fsp3) is 0.688. The number of carbonyl (C=O) groups is 1. The zero-order valence-corrected chi connectivity index (χ0v) is 14.1. The second-order valence-corrected chi connectivity index (χ2v) is 6.62. The van der Waals surface area contributed by atoms with Crippen LogP contribution in [-0.4, -0.2) is 22.0 Å². The number of nitrogens with zero attached hydrogens (tertiary/aromatic N) is 2. The minimum absolute atomic E-state index is 0.0245. The third-order valence-corrected chi connectivity index (χ3v) is 3.96. The maximum atomic E-state index is 12.6. The number of anilines is 2. The van der Waals surface area contributed by atoms with Gasteiger partial charge >= 0.3 is 5.69 Å². The van der Waals surface area contributed by atoms with Gasteiger partial charge in [-0.05, 0) is 25.2 Å². The summed E-state index contributed by atoms with van der Waals surface area (Å²) in [4.78, 5) is 40.7. The summed E-state index contributed by atoms with van der Waals surface area (Å²) in [5, 5.41) is 0. The molecule has 1 heterocycles. The molecular formula is C16H26N4O3. The summed E-state index contributed by atoms with van der Waals surface area (Å²) in [6.07, 6.45) is 3.37. The van der Waals surface area contributed by atoms with Crippen molar-refractivity contribution in [3.63, 3.8) is 0 Å². The molecule has 0 aliphatic heterocycles. The summed E-state index contributed by atoms with van der Waals surface area (Å²) in [5.74, 6) is 0.175. The number of carbonyl (C=O) groups excluding carboxylic acids is 1. The Balaban J connectivity index is 2.50. The molecule has 1 aliphatic rings. The van der Waals surface area contributed by atoms with Gasteiger partial charge in [-0.15, -0.1) is 0 Å². The van der Waals surface area contributed by atoms with Crippen molar-refractivity contribution in [1.29, 1.82) is 0 Å². The standard InChI is InChI=1S/C16H26N4O3/c1-4-5-8-19-13(17)12(14(21)18-16(19)23)20(9-10(2)3)15(22)11-6-7-11/h10-11H,4-9,17H2,1-3H3,(H,18,21,23). The predicted molar refractivity (Wildman–Crippen MR) is 90.6 cm³/mol. The van der Waals surface area contributed by atoms with E-state index in [0.29, 0.717) is 13.1 Å². The molecule has 7 heteroatoms. The molecule has 23 heavy (non-hydrogen) atoms. The first-order valence-corrected chi connectivity index (χ1v) is 8.30. The molecule has 128 valence electrons. The van der Waals surface area contributed by atoms with Gasteiger partial charge in [0.15, 0.2) is 5.69 Å². The van der Waals surface area contributed by atoms with Crippen LogP contribution in [0.2, 0.25) is 0 Å². The molecule has 2 rings (SSSR count). The van der Waals surface area contributed by atoms with Gasteiger partial charge in [-0.3, -0.25) is 19.1 Å². The molecule has 1 aromatic heterocycles. The largest absolute Gasteiger partial charge is 0.383 e. The Labute approximate surface area is 135 Å². The molecule has 0 atom stereocenters. The van der Waals surface area contributed by atoms with Crippen molar-refractivity contribution >= 4 is 17.4 Å². The highest BCUT2D eigenvalue weighted by Crippen LogP contribution is 2.33. The van der Waals surface area contributed by atoms with Crippen molar-refractivity contribution in [3.8, 4) is 0 Å². The maximum absolute atomic E-state index is 12.6. The van der Waals surface area contributed by atoms with E-state index >= 15 is 0 Å². The summed E-state index contributed by atoms with van der Waals surface area (Å²) >= 11 is 0. The lowest BCUT2D eigenvalue weighted by molar-refractivity contribution is -0.119. The average Bonchev–Trinajstić information content (AvgIpc) is 3.29. The summed E-state index contributed by atoms with van der Waals surface area (Å²) in [6.45, 7) is 6.80.